The maximum Gasteiger partial charge on any atom is 0.407 e. The number of nitrogens with zero attached hydrogens (tertiary/aromatic N) is 5. The number of nitro groups is 1. The van der Waals surface area contributed by atoms with Crippen molar-refractivity contribution in [3.8, 4) is 5.75 Å². The molecular weight excluding hydrogens is 588 g/mol. The Kier molecular flexibility index (Phi) is 11.0. The molecule has 236 valence electrons. The zero-order valence-corrected chi connectivity index (χ0v) is 26.2. The maximum atomic E-state index is 11.8. The highest BCUT2D eigenvalue weighted by atomic mass is 35.5. The second-order valence-corrected chi connectivity index (χ2v) is 11.7. The molecule has 14 heteroatoms. The van der Waals surface area contributed by atoms with E-state index in [0.29, 0.717) is 41.3 Å². The van der Waals surface area contributed by atoms with Crippen LogP contribution < -0.4 is 25.6 Å². The van der Waals surface area contributed by atoms with E-state index >= 15 is 0 Å². The lowest BCUT2D eigenvalue weighted by Crippen LogP contribution is -2.47. The summed E-state index contributed by atoms with van der Waals surface area (Å²) in [5.74, 6) is 1.35. The van der Waals surface area contributed by atoms with Gasteiger partial charge in [0.1, 0.15) is 16.4 Å². The molecule has 0 atom stereocenters. The Morgan fingerprint density at radius 2 is 1.91 bits per heavy atom. The molecule has 0 aliphatic carbocycles. The Morgan fingerprint density at radius 3 is 2.61 bits per heavy atom. The number of hydrogen-bond donors (Lipinski definition) is 3. The van der Waals surface area contributed by atoms with Crippen molar-refractivity contribution in [2.24, 2.45) is 0 Å². The van der Waals surface area contributed by atoms with Gasteiger partial charge in [-0.2, -0.15) is 4.98 Å². The minimum atomic E-state index is -0.499. The molecule has 0 saturated carbocycles. The Morgan fingerprint density at radius 1 is 1.14 bits per heavy atom. The number of rotatable bonds is 12. The predicted molar refractivity (Wildman–Crippen MR) is 171 cm³/mol. The maximum absolute atomic E-state index is 11.8. The van der Waals surface area contributed by atoms with Crippen molar-refractivity contribution in [3.63, 3.8) is 0 Å². The van der Waals surface area contributed by atoms with Crippen LogP contribution >= 0.6 is 11.6 Å². The molecule has 13 nitrogen and oxygen atoms in total. The number of piperazine rings is 1. The molecule has 0 bridgehead atoms. The first-order valence-corrected chi connectivity index (χ1v) is 14.8. The van der Waals surface area contributed by atoms with E-state index in [0.717, 1.165) is 50.4 Å². The molecule has 1 fully saturated rings. The minimum absolute atomic E-state index is 0.0163. The lowest BCUT2D eigenvalue weighted by atomic mass is 10.2. The van der Waals surface area contributed by atoms with E-state index < -0.39 is 10.5 Å². The number of ether oxygens (including phenoxy) is 2. The molecule has 1 aliphatic rings. The van der Waals surface area contributed by atoms with Crippen LogP contribution in [0.25, 0.3) is 0 Å². The number of aromatic nitrogens is 2. The van der Waals surface area contributed by atoms with Gasteiger partial charge in [-0.25, -0.2) is 9.78 Å². The lowest BCUT2D eigenvalue weighted by Gasteiger charge is -2.36. The second-order valence-electron chi connectivity index (χ2n) is 11.3. The highest BCUT2D eigenvalue weighted by Crippen LogP contribution is 2.32. The number of nitrogens with one attached hydrogen (secondary N) is 3. The van der Waals surface area contributed by atoms with E-state index in [1.807, 2.05) is 39.0 Å². The molecule has 0 radical (unpaired) electrons. The van der Waals surface area contributed by atoms with Gasteiger partial charge in [-0.1, -0.05) is 23.7 Å². The first kappa shape index (κ1) is 32.6. The van der Waals surface area contributed by atoms with Crippen LogP contribution in [-0.4, -0.2) is 77.9 Å². The number of alkyl carbamates (subject to hydrolysis) is 1. The number of halogens is 1. The quantitative estimate of drug-likeness (QED) is 0.134. The fourth-order valence-electron chi connectivity index (χ4n) is 4.65. The fraction of sp³-hybridized carbons (Fsp3) is 0.433. The van der Waals surface area contributed by atoms with Crippen molar-refractivity contribution in [2.75, 3.05) is 61.9 Å². The Hall–Kier alpha value is -4.36. The molecule has 2 heterocycles. The number of non-ortho nitro benzene ring substituents is 1. The molecule has 1 amide bonds. The summed E-state index contributed by atoms with van der Waals surface area (Å²) in [5, 5.41) is 20.5. The van der Waals surface area contributed by atoms with Crippen molar-refractivity contribution in [1.29, 1.82) is 0 Å². The smallest absolute Gasteiger partial charge is 0.407 e. The molecule has 3 N–H and O–H groups in total. The highest BCUT2D eigenvalue weighted by molar-refractivity contribution is 6.32. The zero-order chi connectivity index (χ0) is 31.7. The summed E-state index contributed by atoms with van der Waals surface area (Å²) in [4.78, 5) is 36.0. The average molecular weight is 627 g/mol. The van der Waals surface area contributed by atoms with Gasteiger partial charge in [0.15, 0.2) is 5.82 Å². The van der Waals surface area contributed by atoms with E-state index in [4.69, 9.17) is 21.1 Å². The summed E-state index contributed by atoms with van der Waals surface area (Å²) >= 11 is 6.31. The zero-order valence-electron chi connectivity index (χ0n) is 25.4. The summed E-state index contributed by atoms with van der Waals surface area (Å²) in [7, 11) is 1.61. The SMILES string of the molecule is COc1cc(N2CCN(CCCNC(=O)OC(C)(C)C)CC2)ccc1Nc1ncc(Cl)c(NCc2cccc([N+](=O)[O-])c2)n1. The first-order chi connectivity index (χ1) is 21.0. The average Bonchev–Trinajstić information content (AvgIpc) is 2.99. The van der Waals surface area contributed by atoms with E-state index in [1.54, 1.807) is 19.2 Å². The highest BCUT2D eigenvalue weighted by Gasteiger charge is 2.19. The van der Waals surface area contributed by atoms with Gasteiger partial charge in [-0.15, -0.1) is 0 Å². The van der Waals surface area contributed by atoms with Crippen molar-refractivity contribution in [3.05, 3.63) is 69.4 Å². The lowest BCUT2D eigenvalue weighted by molar-refractivity contribution is -0.384. The van der Waals surface area contributed by atoms with Crippen molar-refractivity contribution in [2.45, 2.75) is 39.3 Å². The van der Waals surface area contributed by atoms with Crippen molar-refractivity contribution < 1.29 is 19.2 Å². The molecule has 1 aliphatic heterocycles. The molecule has 1 aromatic heterocycles. The summed E-state index contributed by atoms with van der Waals surface area (Å²) < 4.78 is 11.0. The van der Waals surface area contributed by atoms with Gasteiger partial charge in [0, 0.05) is 63.2 Å². The predicted octanol–water partition coefficient (Wildman–Crippen LogP) is 5.44. The van der Waals surface area contributed by atoms with Gasteiger partial charge in [-0.05, 0) is 51.4 Å². The molecule has 0 spiro atoms. The molecular formula is C30H39ClN8O5. The number of carbonyl (C=O) groups is 1. The molecule has 0 unspecified atom stereocenters. The third kappa shape index (κ3) is 9.58. The van der Waals surface area contributed by atoms with Crippen LogP contribution in [0.2, 0.25) is 5.02 Å². The molecule has 3 aromatic rings. The number of amides is 1. The monoisotopic (exact) mass is 626 g/mol. The van der Waals surface area contributed by atoms with E-state index in [9.17, 15) is 14.9 Å². The summed E-state index contributed by atoms with van der Waals surface area (Å²) in [6.07, 6.45) is 1.96. The number of hydrogen-bond acceptors (Lipinski definition) is 11. The summed E-state index contributed by atoms with van der Waals surface area (Å²) in [6.45, 7) is 10.9. The van der Waals surface area contributed by atoms with Crippen LogP contribution in [0.5, 0.6) is 5.75 Å². The van der Waals surface area contributed by atoms with Crippen LogP contribution in [-0.2, 0) is 11.3 Å². The van der Waals surface area contributed by atoms with Crippen LogP contribution in [0.15, 0.2) is 48.7 Å². The summed E-state index contributed by atoms with van der Waals surface area (Å²) in [6, 6.07) is 12.3. The van der Waals surface area contributed by atoms with Crippen LogP contribution in [0.1, 0.15) is 32.8 Å². The molecule has 1 saturated heterocycles. The Bertz CT molecular complexity index is 1440. The van der Waals surface area contributed by atoms with E-state index in [1.165, 1.54) is 18.3 Å². The molecule has 44 heavy (non-hydrogen) atoms. The molecule has 4 rings (SSSR count). The minimum Gasteiger partial charge on any atom is -0.494 e. The van der Waals surface area contributed by atoms with E-state index in [-0.39, 0.29) is 11.8 Å². The van der Waals surface area contributed by atoms with Gasteiger partial charge >= 0.3 is 6.09 Å². The van der Waals surface area contributed by atoms with Crippen LogP contribution in [0.4, 0.5) is 33.6 Å². The second kappa shape index (κ2) is 14.9. The third-order valence-electron chi connectivity index (χ3n) is 6.81. The van der Waals surface area contributed by atoms with Crippen molar-refractivity contribution >= 4 is 46.5 Å². The Labute approximate surface area is 262 Å². The fourth-order valence-corrected chi connectivity index (χ4v) is 4.81. The number of benzene rings is 2. The third-order valence-corrected chi connectivity index (χ3v) is 7.09. The number of nitro benzene ring substituents is 1. The van der Waals surface area contributed by atoms with Crippen LogP contribution in [0, 0.1) is 10.1 Å². The summed E-state index contributed by atoms with van der Waals surface area (Å²) in [5.41, 5.74) is 1.98. The van der Waals surface area contributed by atoms with Gasteiger partial charge < -0.3 is 30.3 Å². The molecule has 2 aromatic carbocycles. The Balaban J connectivity index is 1.29. The van der Waals surface area contributed by atoms with Gasteiger partial charge in [0.2, 0.25) is 5.95 Å². The number of anilines is 4. The van der Waals surface area contributed by atoms with Gasteiger partial charge in [-0.3, -0.25) is 15.0 Å². The normalized spacial score (nSPS) is 13.7. The standard InChI is InChI=1S/C30H39ClN8O5/c1-30(2,3)44-29(40)32-11-6-12-37-13-15-38(16-14-37)22-9-10-25(26(18-22)43-4)35-28-34-20-24(31)27(36-28)33-19-21-7-5-8-23(17-21)39(41)42/h5,7-10,17-18,20H,6,11-16,19H2,1-4H3,(H,32,40)(H2,33,34,35,36). The number of carbonyl (C=O) groups excluding carboxylic acids is 1. The van der Waals surface area contributed by atoms with Crippen LogP contribution in [0.3, 0.4) is 0 Å². The number of methoxy groups -OCH3 is 1. The van der Waals surface area contributed by atoms with Crippen molar-refractivity contribution in [1.82, 2.24) is 20.2 Å². The van der Waals surface area contributed by atoms with Gasteiger partial charge in [0.25, 0.3) is 5.69 Å². The van der Waals surface area contributed by atoms with E-state index in [2.05, 4.69) is 35.7 Å². The first-order valence-electron chi connectivity index (χ1n) is 14.4. The topological polar surface area (TPSA) is 147 Å². The van der Waals surface area contributed by atoms with Gasteiger partial charge in [0.05, 0.1) is 23.9 Å². The largest absolute Gasteiger partial charge is 0.494 e.